The average Bonchev–Trinajstić information content (AvgIpc) is 3.20. The molecule has 0 fully saturated rings. The molecule has 1 amide bonds. The molecule has 1 aromatic heterocycles. The van der Waals surface area contributed by atoms with Gasteiger partial charge in [-0.05, 0) is 42.5 Å². The third-order valence-electron chi connectivity index (χ3n) is 4.97. The van der Waals surface area contributed by atoms with Crippen LogP contribution >= 0.6 is 11.8 Å². The van der Waals surface area contributed by atoms with Gasteiger partial charge in [-0.25, -0.2) is 0 Å². The Bertz CT molecular complexity index is 922. The van der Waals surface area contributed by atoms with E-state index in [0.29, 0.717) is 5.75 Å². The lowest BCUT2D eigenvalue weighted by molar-refractivity contribution is -0.118. The molecule has 0 radical (unpaired) electrons. The van der Waals surface area contributed by atoms with Gasteiger partial charge in [0.1, 0.15) is 5.82 Å². The molecule has 0 aliphatic heterocycles. The number of amides is 1. The Labute approximate surface area is 183 Å². The molecule has 0 aliphatic rings. The van der Waals surface area contributed by atoms with Crippen molar-refractivity contribution in [1.82, 2.24) is 20.1 Å². The fourth-order valence-corrected chi connectivity index (χ4v) is 3.98. The lowest BCUT2D eigenvalue weighted by atomic mass is 10.1. The zero-order valence-corrected chi connectivity index (χ0v) is 18.6. The molecule has 0 atom stereocenters. The van der Waals surface area contributed by atoms with E-state index in [1.165, 1.54) is 22.9 Å². The first-order valence-electron chi connectivity index (χ1n) is 10.7. The Morgan fingerprint density at radius 3 is 2.43 bits per heavy atom. The van der Waals surface area contributed by atoms with Gasteiger partial charge in [0.25, 0.3) is 0 Å². The summed E-state index contributed by atoms with van der Waals surface area (Å²) in [7, 11) is 0. The third kappa shape index (κ3) is 6.20. The maximum absolute atomic E-state index is 12.2. The number of nitrogens with zero attached hydrogens (tertiary/aromatic N) is 3. The number of carbonyl (C=O) groups excluding carboxylic acids is 1. The van der Waals surface area contributed by atoms with Gasteiger partial charge in [-0.15, -0.1) is 10.2 Å². The second-order valence-electron chi connectivity index (χ2n) is 7.23. The number of aryl methyl sites for hydroxylation is 3. The molecule has 1 heterocycles. The Balaban J connectivity index is 1.77. The van der Waals surface area contributed by atoms with Crippen LogP contribution in [0.2, 0.25) is 0 Å². The van der Waals surface area contributed by atoms with Crippen LogP contribution in [0.15, 0.2) is 59.8 Å². The summed E-state index contributed by atoms with van der Waals surface area (Å²) in [4.78, 5) is 12.2. The van der Waals surface area contributed by atoms with E-state index in [-0.39, 0.29) is 5.91 Å². The summed E-state index contributed by atoms with van der Waals surface area (Å²) in [5.41, 5.74) is 3.61. The van der Waals surface area contributed by atoms with E-state index in [1.54, 1.807) is 0 Å². The van der Waals surface area contributed by atoms with Gasteiger partial charge >= 0.3 is 0 Å². The predicted octanol–water partition coefficient (Wildman–Crippen LogP) is 4.62. The van der Waals surface area contributed by atoms with E-state index >= 15 is 0 Å². The smallest absolute Gasteiger partial charge is 0.230 e. The first kappa shape index (κ1) is 22.1. The van der Waals surface area contributed by atoms with Gasteiger partial charge in [0.2, 0.25) is 5.91 Å². The number of hydrogen-bond acceptors (Lipinski definition) is 4. The quantitative estimate of drug-likeness (QED) is 0.362. The summed E-state index contributed by atoms with van der Waals surface area (Å²) in [5, 5.41) is 12.6. The fourth-order valence-electron chi connectivity index (χ4n) is 3.18. The van der Waals surface area contributed by atoms with Crippen molar-refractivity contribution in [3.05, 3.63) is 71.5 Å². The van der Waals surface area contributed by atoms with Crippen molar-refractivity contribution in [2.24, 2.45) is 0 Å². The highest BCUT2D eigenvalue weighted by molar-refractivity contribution is 7.99. The molecular weight excluding hydrogens is 392 g/mol. The number of aromatic nitrogens is 3. The van der Waals surface area contributed by atoms with Crippen LogP contribution < -0.4 is 5.32 Å². The maximum atomic E-state index is 12.2. The van der Waals surface area contributed by atoms with Crippen LogP contribution in [0, 0.1) is 0 Å². The van der Waals surface area contributed by atoms with Gasteiger partial charge in [0.15, 0.2) is 5.16 Å². The van der Waals surface area contributed by atoms with Crippen LogP contribution in [0.1, 0.15) is 43.6 Å². The van der Waals surface area contributed by atoms with Gasteiger partial charge in [-0.1, -0.05) is 74.5 Å². The van der Waals surface area contributed by atoms with Crippen LogP contribution in [0.25, 0.3) is 5.69 Å². The van der Waals surface area contributed by atoms with Crippen LogP contribution in [0.5, 0.6) is 0 Å². The molecule has 30 heavy (non-hydrogen) atoms. The maximum Gasteiger partial charge on any atom is 0.230 e. The fraction of sp³-hybridized carbons (Fsp3) is 0.375. The standard InChI is InChI=1S/C24H30N4OS/c1-3-5-17-25-23(29)18-30-24-27-26-22(16-13-20-9-7-6-8-10-20)28(24)21-14-11-19(4-2)12-15-21/h6-12,14-15H,3-5,13,16-18H2,1-2H3,(H,25,29). The van der Waals surface area contributed by atoms with Crippen molar-refractivity contribution in [2.45, 2.75) is 51.1 Å². The van der Waals surface area contributed by atoms with Gasteiger partial charge in [0.05, 0.1) is 5.75 Å². The van der Waals surface area contributed by atoms with Crippen molar-refractivity contribution in [1.29, 1.82) is 0 Å². The Kier molecular flexibility index (Phi) is 8.51. The van der Waals surface area contributed by atoms with E-state index in [1.807, 2.05) is 6.07 Å². The number of hydrogen-bond donors (Lipinski definition) is 1. The minimum Gasteiger partial charge on any atom is -0.355 e. The van der Waals surface area contributed by atoms with Gasteiger partial charge in [0, 0.05) is 18.7 Å². The number of carbonyl (C=O) groups is 1. The van der Waals surface area contributed by atoms with Crippen LogP contribution in [-0.4, -0.2) is 33.0 Å². The van der Waals surface area contributed by atoms with Crippen LogP contribution in [0.4, 0.5) is 0 Å². The number of nitrogens with one attached hydrogen (secondary N) is 1. The monoisotopic (exact) mass is 422 g/mol. The number of thioether (sulfide) groups is 1. The molecule has 1 N–H and O–H groups in total. The summed E-state index contributed by atoms with van der Waals surface area (Å²) in [6, 6.07) is 18.9. The second-order valence-corrected chi connectivity index (χ2v) is 8.17. The molecule has 158 valence electrons. The molecule has 5 nitrogen and oxygen atoms in total. The summed E-state index contributed by atoms with van der Waals surface area (Å²) >= 11 is 1.44. The highest BCUT2D eigenvalue weighted by atomic mass is 32.2. The lowest BCUT2D eigenvalue weighted by Gasteiger charge is -2.11. The number of benzene rings is 2. The van der Waals surface area contributed by atoms with Crippen molar-refractivity contribution in [2.75, 3.05) is 12.3 Å². The SMILES string of the molecule is CCCCNC(=O)CSc1nnc(CCc2ccccc2)n1-c1ccc(CC)cc1. The zero-order chi connectivity index (χ0) is 21.2. The normalized spacial score (nSPS) is 10.9. The van der Waals surface area contributed by atoms with E-state index in [4.69, 9.17) is 0 Å². The molecule has 3 rings (SSSR count). The second kappa shape index (κ2) is 11.6. The Hall–Kier alpha value is -2.60. The molecular formula is C24H30N4OS. The molecule has 0 spiro atoms. The molecule has 6 heteroatoms. The van der Waals surface area contributed by atoms with Crippen molar-refractivity contribution >= 4 is 17.7 Å². The van der Waals surface area contributed by atoms with E-state index in [2.05, 4.69) is 82.5 Å². The third-order valence-corrected chi connectivity index (χ3v) is 5.90. The highest BCUT2D eigenvalue weighted by Gasteiger charge is 2.16. The number of unbranched alkanes of at least 4 members (excludes halogenated alkanes) is 1. The molecule has 3 aromatic rings. The largest absolute Gasteiger partial charge is 0.355 e. The average molecular weight is 423 g/mol. The molecule has 2 aromatic carbocycles. The van der Waals surface area contributed by atoms with Crippen molar-refractivity contribution in [3.63, 3.8) is 0 Å². The zero-order valence-electron chi connectivity index (χ0n) is 17.8. The minimum atomic E-state index is 0.0372. The molecule has 0 bridgehead atoms. The first-order valence-corrected chi connectivity index (χ1v) is 11.7. The van der Waals surface area contributed by atoms with Crippen LogP contribution in [0.3, 0.4) is 0 Å². The summed E-state index contributed by atoms with van der Waals surface area (Å²) in [6.45, 7) is 4.99. The Morgan fingerprint density at radius 2 is 1.73 bits per heavy atom. The molecule has 0 saturated carbocycles. The van der Waals surface area contributed by atoms with E-state index in [0.717, 1.165) is 55.3 Å². The topological polar surface area (TPSA) is 59.8 Å². The molecule has 0 saturated heterocycles. The van der Waals surface area contributed by atoms with Gasteiger partial charge < -0.3 is 5.32 Å². The molecule has 0 unspecified atom stereocenters. The van der Waals surface area contributed by atoms with E-state index in [9.17, 15) is 4.79 Å². The lowest BCUT2D eigenvalue weighted by Crippen LogP contribution is -2.26. The Morgan fingerprint density at radius 1 is 0.967 bits per heavy atom. The van der Waals surface area contributed by atoms with Crippen molar-refractivity contribution in [3.8, 4) is 5.69 Å². The molecule has 0 aliphatic carbocycles. The predicted molar refractivity (Wildman–Crippen MR) is 123 cm³/mol. The first-order chi connectivity index (χ1) is 14.7. The number of rotatable bonds is 11. The van der Waals surface area contributed by atoms with Crippen molar-refractivity contribution < 1.29 is 4.79 Å². The summed E-state index contributed by atoms with van der Waals surface area (Å²) < 4.78 is 2.09. The van der Waals surface area contributed by atoms with E-state index < -0.39 is 0 Å². The van der Waals surface area contributed by atoms with Gasteiger partial charge in [-0.2, -0.15) is 0 Å². The summed E-state index contributed by atoms with van der Waals surface area (Å²) in [5.74, 6) is 1.29. The van der Waals surface area contributed by atoms with Crippen LogP contribution in [-0.2, 0) is 24.1 Å². The minimum absolute atomic E-state index is 0.0372. The highest BCUT2D eigenvalue weighted by Crippen LogP contribution is 2.23. The van der Waals surface area contributed by atoms with Gasteiger partial charge in [-0.3, -0.25) is 9.36 Å². The summed E-state index contributed by atoms with van der Waals surface area (Å²) in [6.07, 6.45) is 4.76.